The molecule has 2 amide bonds. The number of thiazole rings is 1. The number of amides is 2. The molecule has 6 nitrogen and oxygen atoms in total. The molecule has 0 fully saturated rings. The van der Waals surface area contributed by atoms with Crippen LogP contribution < -0.4 is 15.4 Å². The van der Waals surface area contributed by atoms with Crippen molar-refractivity contribution in [1.29, 1.82) is 0 Å². The molecule has 0 saturated carbocycles. The summed E-state index contributed by atoms with van der Waals surface area (Å²) in [6, 6.07) is 9.42. The lowest BCUT2D eigenvalue weighted by molar-refractivity contribution is -0.125. The summed E-state index contributed by atoms with van der Waals surface area (Å²) in [5.74, 6) is 0.287. The lowest BCUT2D eigenvalue weighted by atomic mass is 10.2. The second-order valence-corrected chi connectivity index (χ2v) is 8.54. The predicted octanol–water partition coefficient (Wildman–Crippen LogP) is 3.62. The minimum Gasteiger partial charge on any atom is -0.497 e. The van der Waals surface area contributed by atoms with Gasteiger partial charge >= 0.3 is 0 Å². The molecule has 0 aliphatic rings. The van der Waals surface area contributed by atoms with Crippen LogP contribution in [0.2, 0.25) is 0 Å². The van der Waals surface area contributed by atoms with Crippen molar-refractivity contribution >= 4 is 50.4 Å². The Bertz CT molecular complexity index is 954. The number of methoxy groups -OCH3 is 1. The van der Waals surface area contributed by atoms with Gasteiger partial charge in [-0.15, -0.1) is 22.7 Å². The molecule has 0 saturated heterocycles. The van der Waals surface area contributed by atoms with Crippen LogP contribution in [-0.2, 0) is 22.6 Å². The SMILES string of the molecule is COc1ccc(CNC(=O)CNC(=O)Cc2csc(-c3cc(Br)cs3)n2)cc1. The Morgan fingerprint density at radius 3 is 2.57 bits per heavy atom. The fourth-order valence-electron chi connectivity index (χ4n) is 2.34. The number of carbonyl (C=O) groups excluding carboxylic acids is 2. The van der Waals surface area contributed by atoms with Crippen molar-refractivity contribution in [3.63, 3.8) is 0 Å². The number of carbonyl (C=O) groups is 2. The fourth-order valence-corrected chi connectivity index (χ4v) is 4.67. The molecule has 9 heteroatoms. The number of ether oxygens (including phenoxy) is 1. The van der Waals surface area contributed by atoms with E-state index in [2.05, 4.69) is 31.5 Å². The quantitative estimate of drug-likeness (QED) is 0.516. The van der Waals surface area contributed by atoms with Crippen molar-refractivity contribution in [2.75, 3.05) is 13.7 Å². The molecule has 0 radical (unpaired) electrons. The zero-order chi connectivity index (χ0) is 19.9. The topological polar surface area (TPSA) is 80.3 Å². The minimum absolute atomic E-state index is 0.0656. The molecule has 0 atom stereocenters. The van der Waals surface area contributed by atoms with Gasteiger partial charge in [-0.2, -0.15) is 0 Å². The van der Waals surface area contributed by atoms with Crippen LogP contribution in [0.5, 0.6) is 5.75 Å². The smallest absolute Gasteiger partial charge is 0.239 e. The van der Waals surface area contributed by atoms with E-state index in [0.717, 1.165) is 25.7 Å². The maximum atomic E-state index is 12.1. The number of thiophene rings is 1. The highest BCUT2D eigenvalue weighted by atomic mass is 79.9. The second-order valence-electron chi connectivity index (χ2n) is 5.85. The zero-order valence-corrected chi connectivity index (χ0v) is 18.2. The van der Waals surface area contributed by atoms with Crippen LogP contribution in [0.4, 0.5) is 0 Å². The van der Waals surface area contributed by atoms with Gasteiger partial charge in [0.05, 0.1) is 30.6 Å². The van der Waals surface area contributed by atoms with E-state index >= 15 is 0 Å². The lowest BCUT2D eigenvalue weighted by Crippen LogP contribution is -2.37. The number of halogens is 1. The van der Waals surface area contributed by atoms with Crippen LogP contribution in [-0.4, -0.2) is 30.5 Å². The number of benzene rings is 1. The van der Waals surface area contributed by atoms with Gasteiger partial charge in [0.1, 0.15) is 10.8 Å². The van der Waals surface area contributed by atoms with Gasteiger partial charge in [0, 0.05) is 21.8 Å². The number of nitrogens with one attached hydrogen (secondary N) is 2. The molecule has 2 aromatic heterocycles. The summed E-state index contributed by atoms with van der Waals surface area (Å²) in [6.45, 7) is 0.328. The molecular weight excluding hydrogens is 462 g/mol. The third-order valence-corrected chi connectivity index (χ3v) is 6.52. The summed E-state index contributed by atoms with van der Waals surface area (Å²) >= 11 is 6.52. The number of rotatable bonds is 8. The molecule has 28 heavy (non-hydrogen) atoms. The first-order valence-corrected chi connectivity index (χ1v) is 10.9. The molecule has 0 unspecified atom stereocenters. The van der Waals surface area contributed by atoms with E-state index in [1.54, 1.807) is 18.4 Å². The van der Waals surface area contributed by atoms with E-state index in [9.17, 15) is 9.59 Å². The predicted molar refractivity (Wildman–Crippen MR) is 115 cm³/mol. The molecule has 3 rings (SSSR count). The second kappa shape index (κ2) is 9.81. The lowest BCUT2D eigenvalue weighted by Gasteiger charge is -2.07. The first-order chi connectivity index (χ1) is 13.5. The highest BCUT2D eigenvalue weighted by molar-refractivity contribution is 9.10. The van der Waals surface area contributed by atoms with Crippen molar-refractivity contribution < 1.29 is 14.3 Å². The molecular formula is C19H18BrN3O3S2. The monoisotopic (exact) mass is 479 g/mol. The van der Waals surface area contributed by atoms with Crippen LogP contribution in [0.3, 0.4) is 0 Å². The summed E-state index contributed by atoms with van der Waals surface area (Å²) in [4.78, 5) is 29.5. The van der Waals surface area contributed by atoms with Crippen LogP contribution in [0.15, 0.2) is 45.6 Å². The Labute approximate surface area is 179 Å². The molecule has 0 bridgehead atoms. The molecule has 0 spiro atoms. The third kappa shape index (κ3) is 5.88. The minimum atomic E-state index is -0.244. The number of hydrogen-bond acceptors (Lipinski definition) is 6. The zero-order valence-electron chi connectivity index (χ0n) is 15.0. The summed E-state index contributed by atoms with van der Waals surface area (Å²) in [5.41, 5.74) is 1.65. The van der Waals surface area contributed by atoms with Crippen LogP contribution in [0, 0.1) is 0 Å². The Morgan fingerprint density at radius 2 is 1.89 bits per heavy atom. The van der Waals surface area contributed by atoms with Gasteiger partial charge in [-0.1, -0.05) is 12.1 Å². The number of nitrogens with zero attached hydrogens (tertiary/aromatic N) is 1. The number of aromatic nitrogens is 1. The Hall–Kier alpha value is -2.23. The fraction of sp³-hybridized carbons (Fsp3) is 0.211. The summed E-state index contributed by atoms with van der Waals surface area (Å²) in [7, 11) is 1.60. The van der Waals surface area contributed by atoms with Crippen molar-refractivity contribution in [2.24, 2.45) is 0 Å². The molecule has 2 N–H and O–H groups in total. The van der Waals surface area contributed by atoms with Crippen molar-refractivity contribution in [3.8, 4) is 15.6 Å². The Kier molecular flexibility index (Phi) is 7.18. The highest BCUT2D eigenvalue weighted by Crippen LogP contribution is 2.32. The maximum Gasteiger partial charge on any atom is 0.239 e. The normalized spacial score (nSPS) is 10.5. The van der Waals surface area contributed by atoms with E-state index in [1.165, 1.54) is 11.3 Å². The third-order valence-electron chi connectivity index (χ3n) is 3.77. The van der Waals surface area contributed by atoms with E-state index in [1.807, 2.05) is 41.1 Å². The summed E-state index contributed by atoms with van der Waals surface area (Å²) in [5, 5.41) is 10.1. The van der Waals surface area contributed by atoms with Gasteiger partial charge in [0.2, 0.25) is 11.8 Å². The van der Waals surface area contributed by atoms with Crippen molar-refractivity contribution in [1.82, 2.24) is 15.6 Å². The van der Waals surface area contributed by atoms with Gasteiger partial charge in [0.15, 0.2) is 0 Å². The summed E-state index contributed by atoms with van der Waals surface area (Å²) in [6.07, 6.45) is 0.148. The largest absolute Gasteiger partial charge is 0.497 e. The van der Waals surface area contributed by atoms with E-state index in [4.69, 9.17) is 4.74 Å². The first-order valence-electron chi connectivity index (χ1n) is 8.38. The van der Waals surface area contributed by atoms with Crippen LogP contribution in [0.25, 0.3) is 9.88 Å². The molecule has 2 heterocycles. The average molecular weight is 480 g/mol. The molecule has 0 aliphatic carbocycles. The van der Waals surface area contributed by atoms with Crippen molar-refractivity contribution in [2.45, 2.75) is 13.0 Å². The standard InChI is InChI=1S/C19H18BrN3O3S2/c1-26-15-4-2-12(3-5-15)8-21-18(25)9-22-17(24)7-14-11-28-19(23-14)16-6-13(20)10-27-16/h2-6,10-11H,7-9H2,1H3,(H,21,25)(H,22,24). The molecule has 3 aromatic rings. The van der Waals surface area contributed by atoms with Gasteiger partial charge < -0.3 is 15.4 Å². The Morgan fingerprint density at radius 1 is 1.11 bits per heavy atom. The van der Waals surface area contributed by atoms with E-state index in [0.29, 0.717) is 12.2 Å². The molecule has 0 aliphatic heterocycles. The van der Waals surface area contributed by atoms with Crippen LogP contribution in [0.1, 0.15) is 11.3 Å². The van der Waals surface area contributed by atoms with Gasteiger partial charge in [-0.25, -0.2) is 4.98 Å². The summed E-state index contributed by atoms with van der Waals surface area (Å²) < 4.78 is 6.11. The average Bonchev–Trinajstić information content (AvgIpc) is 3.34. The Balaban J connectivity index is 1.41. The van der Waals surface area contributed by atoms with Gasteiger partial charge in [-0.3, -0.25) is 9.59 Å². The maximum absolute atomic E-state index is 12.1. The first kappa shape index (κ1) is 20.5. The number of hydrogen-bond donors (Lipinski definition) is 2. The highest BCUT2D eigenvalue weighted by Gasteiger charge is 2.11. The van der Waals surface area contributed by atoms with Gasteiger partial charge in [-0.05, 0) is 39.7 Å². The van der Waals surface area contributed by atoms with E-state index in [-0.39, 0.29) is 24.8 Å². The van der Waals surface area contributed by atoms with Crippen molar-refractivity contribution in [3.05, 3.63) is 56.8 Å². The molecule has 146 valence electrons. The van der Waals surface area contributed by atoms with Gasteiger partial charge in [0.25, 0.3) is 0 Å². The van der Waals surface area contributed by atoms with E-state index < -0.39 is 0 Å². The van der Waals surface area contributed by atoms with Crippen LogP contribution >= 0.6 is 38.6 Å². The molecule has 1 aromatic carbocycles.